The average molecular weight is 329 g/mol. The average Bonchev–Trinajstić information content (AvgIpc) is 2.82. The zero-order chi connectivity index (χ0) is 16.5. The molecule has 0 radical (unpaired) electrons. The lowest BCUT2D eigenvalue weighted by Gasteiger charge is -2.10. The smallest absolute Gasteiger partial charge is 0.338 e. The van der Waals surface area contributed by atoms with Crippen LogP contribution in [0.4, 0.5) is 10.2 Å². The second kappa shape index (κ2) is 5.72. The molecule has 0 spiro atoms. The molecule has 22 heavy (non-hydrogen) atoms. The highest BCUT2D eigenvalue weighted by molar-refractivity contribution is 7.92. The lowest BCUT2D eigenvalue weighted by atomic mass is 10.1. The quantitative estimate of drug-likeness (QED) is 0.844. The summed E-state index contributed by atoms with van der Waals surface area (Å²) in [6.45, 7) is 2.92. The van der Waals surface area contributed by atoms with Crippen LogP contribution in [0.1, 0.15) is 21.6 Å². The molecule has 2 rings (SSSR count). The molecule has 0 bridgehead atoms. The number of aromatic nitrogens is 2. The minimum atomic E-state index is -4.31. The monoisotopic (exact) mass is 329 g/mol. The van der Waals surface area contributed by atoms with Gasteiger partial charge < -0.3 is 4.74 Å². The summed E-state index contributed by atoms with van der Waals surface area (Å²) in [7, 11) is -3.17. The summed E-state index contributed by atoms with van der Waals surface area (Å²) in [5.74, 6) is -1.94. The van der Waals surface area contributed by atoms with E-state index in [2.05, 4.69) is 19.7 Å². The van der Waals surface area contributed by atoms with E-state index in [1.165, 1.54) is 13.8 Å². The Morgan fingerprint density at radius 1 is 1.32 bits per heavy atom. The highest BCUT2D eigenvalue weighted by Crippen LogP contribution is 2.23. The molecule has 118 valence electrons. The van der Waals surface area contributed by atoms with E-state index in [4.69, 9.17) is 0 Å². The summed E-state index contributed by atoms with van der Waals surface area (Å²) in [5.41, 5.74) is 0.381. The Balaban J connectivity index is 2.51. The number of benzene rings is 1. The minimum absolute atomic E-state index is 0.0562. The van der Waals surface area contributed by atoms with Crippen molar-refractivity contribution in [3.05, 3.63) is 34.8 Å². The molecule has 1 N–H and O–H groups in total. The summed E-state index contributed by atoms with van der Waals surface area (Å²) in [4.78, 5) is 10.9. The third kappa shape index (κ3) is 2.91. The molecule has 0 saturated carbocycles. The number of sulfonamides is 1. The Bertz CT molecular complexity index is 831. The molecule has 2 aromatic rings. The molecule has 0 aliphatic heterocycles. The number of rotatable bonds is 4. The number of nitrogens with one attached hydrogen (secondary N) is 1. The van der Waals surface area contributed by atoms with Crippen molar-refractivity contribution in [2.75, 3.05) is 11.8 Å². The maximum atomic E-state index is 14.0. The lowest BCUT2D eigenvalue weighted by Crippen LogP contribution is -2.17. The van der Waals surface area contributed by atoms with Crippen LogP contribution < -0.4 is 4.72 Å². The van der Waals surface area contributed by atoms with Gasteiger partial charge in [0.15, 0.2) is 0 Å². The molecule has 0 aliphatic carbocycles. The largest absolute Gasteiger partial charge is 0.465 e. The molecule has 10 heteroatoms. The topological polar surface area (TPSA) is 111 Å². The van der Waals surface area contributed by atoms with Crippen molar-refractivity contribution in [1.29, 1.82) is 0 Å². The van der Waals surface area contributed by atoms with Crippen LogP contribution in [0.25, 0.3) is 0 Å². The zero-order valence-corrected chi connectivity index (χ0v) is 12.7. The van der Waals surface area contributed by atoms with Crippen LogP contribution in [0.2, 0.25) is 0 Å². The van der Waals surface area contributed by atoms with Crippen LogP contribution in [0.15, 0.2) is 21.7 Å². The van der Waals surface area contributed by atoms with Gasteiger partial charge in [0.25, 0.3) is 10.0 Å². The third-order valence-corrected chi connectivity index (χ3v) is 4.21. The van der Waals surface area contributed by atoms with Crippen LogP contribution in [-0.4, -0.2) is 31.8 Å². The van der Waals surface area contributed by atoms with E-state index < -0.39 is 26.7 Å². The van der Waals surface area contributed by atoms with Crippen molar-refractivity contribution in [2.24, 2.45) is 0 Å². The van der Waals surface area contributed by atoms with Crippen LogP contribution in [0.5, 0.6) is 0 Å². The molecule has 8 nitrogen and oxygen atoms in total. The molecular formula is C12H12FN3O5S. The van der Waals surface area contributed by atoms with Gasteiger partial charge in [-0.1, -0.05) is 5.16 Å². The van der Waals surface area contributed by atoms with Crippen LogP contribution in [0.3, 0.4) is 0 Å². The Labute approximate surface area is 125 Å². The first-order valence-corrected chi connectivity index (χ1v) is 7.45. The third-order valence-electron chi connectivity index (χ3n) is 2.86. The number of carbonyl (C=O) groups excluding carboxylic acids is 1. The highest BCUT2D eigenvalue weighted by atomic mass is 32.2. The molecule has 0 aliphatic rings. The first-order valence-electron chi connectivity index (χ1n) is 5.96. The Morgan fingerprint density at radius 2 is 2.00 bits per heavy atom. The van der Waals surface area contributed by atoms with Gasteiger partial charge >= 0.3 is 5.97 Å². The fraction of sp³-hybridized carbons (Fsp3) is 0.250. The normalized spacial score (nSPS) is 11.3. The van der Waals surface area contributed by atoms with Crippen LogP contribution >= 0.6 is 0 Å². The van der Waals surface area contributed by atoms with Crippen LogP contribution in [0, 0.1) is 19.7 Å². The molecule has 1 aromatic carbocycles. The Kier molecular flexibility index (Phi) is 4.13. The summed E-state index contributed by atoms with van der Waals surface area (Å²) < 4.78 is 49.4. The number of halogens is 1. The zero-order valence-electron chi connectivity index (χ0n) is 11.9. The van der Waals surface area contributed by atoms with E-state index in [9.17, 15) is 17.6 Å². The molecule has 1 aromatic heterocycles. The second-order valence-electron chi connectivity index (χ2n) is 4.39. The minimum Gasteiger partial charge on any atom is -0.465 e. The van der Waals surface area contributed by atoms with Gasteiger partial charge in [-0.3, -0.25) is 4.72 Å². The predicted octanol–water partition coefficient (Wildman–Crippen LogP) is 1.41. The van der Waals surface area contributed by atoms with Gasteiger partial charge in [0.2, 0.25) is 5.82 Å². The van der Waals surface area contributed by atoms with Crippen molar-refractivity contribution in [2.45, 2.75) is 18.7 Å². The SMILES string of the molecule is COC(=O)c1cc(S(=O)(=O)Nc2nonc2C)c(F)cc1C. The maximum absolute atomic E-state index is 14.0. The molecular weight excluding hydrogens is 317 g/mol. The number of aryl methyl sites for hydroxylation is 2. The van der Waals surface area contributed by atoms with Gasteiger partial charge in [-0.05, 0) is 36.7 Å². The number of hydrogen-bond acceptors (Lipinski definition) is 7. The van der Waals surface area contributed by atoms with Gasteiger partial charge in [0.1, 0.15) is 16.4 Å². The number of esters is 1. The Hall–Kier alpha value is -2.49. The van der Waals surface area contributed by atoms with Crippen molar-refractivity contribution in [1.82, 2.24) is 10.3 Å². The van der Waals surface area contributed by atoms with E-state index in [0.29, 0.717) is 0 Å². The number of carbonyl (C=O) groups is 1. The molecule has 1 heterocycles. The fourth-order valence-corrected chi connectivity index (χ4v) is 2.83. The van der Waals surface area contributed by atoms with E-state index >= 15 is 0 Å². The maximum Gasteiger partial charge on any atom is 0.338 e. The number of anilines is 1. The Morgan fingerprint density at radius 3 is 2.55 bits per heavy atom. The number of nitrogens with zero attached hydrogens (tertiary/aromatic N) is 2. The van der Waals surface area contributed by atoms with Crippen molar-refractivity contribution >= 4 is 21.8 Å². The van der Waals surface area contributed by atoms with Gasteiger partial charge in [-0.15, -0.1) is 0 Å². The summed E-state index contributed by atoms with van der Waals surface area (Å²) in [5, 5.41) is 6.77. The van der Waals surface area contributed by atoms with E-state index in [0.717, 1.165) is 19.2 Å². The first-order chi connectivity index (χ1) is 10.3. The van der Waals surface area contributed by atoms with E-state index in [1.807, 2.05) is 4.72 Å². The van der Waals surface area contributed by atoms with Gasteiger partial charge in [-0.25, -0.2) is 22.2 Å². The highest BCUT2D eigenvalue weighted by Gasteiger charge is 2.25. The number of methoxy groups -OCH3 is 1. The molecule has 0 fully saturated rings. The molecule has 0 unspecified atom stereocenters. The molecule has 0 amide bonds. The van der Waals surface area contributed by atoms with Crippen LogP contribution in [-0.2, 0) is 14.8 Å². The van der Waals surface area contributed by atoms with Crippen molar-refractivity contribution < 1.29 is 27.0 Å². The lowest BCUT2D eigenvalue weighted by molar-refractivity contribution is 0.0599. The van der Waals surface area contributed by atoms with Crippen molar-refractivity contribution in [3.63, 3.8) is 0 Å². The van der Waals surface area contributed by atoms with Gasteiger partial charge in [0.05, 0.1) is 12.7 Å². The molecule has 0 atom stereocenters. The summed E-state index contributed by atoms with van der Waals surface area (Å²) in [6, 6.07) is 1.84. The summed E-state index contributed by atoms with van der Waals surface area (Å²) >= 11 is 0. The summed E-state index contributed by atoms with van der Waals surface area (Å²) in [6.07, 6.45) is 0. The fourth-order valence-electron chi connectivity index (χ4n) is 1.70. The predicted molar refractivity (Wildman–Crippen MR) is 72.3 cm³/mol. The number of ether oxygens (including phenoxy) is 1. The van der Waals surface area contributed by atoms with Gasteiger partial charge in [-0.2, -0.15) is 0 Å². The van der Waals surface area contributed by atoms with Crippen molar-refractivity contribution in [3.8, 4) is 0 Å². The number of hydrogen-bond donors (Lipinski definition) is 1. The van der Waals surface area contributed by atoms with E-state index in [-0.39, 0.29) is 22.6 Å². The van der Waals surface area contributed by atoms with E-state index in [1.54, 1.807) is 0 Å². The standard InChI is InChI=1S/C12H12FN3O5S/c1-6-4-9(13)10(5-8(6)12(17)20-3)22(18,19)16-11-7(2)14-21-15-11/h4-5H,1-3H3,(H,15,16). The first kappa shape index (κ1) is 15.9. The second-order valence-corrected chi connectivity index (χ2v) is 6.04. The molecule has 0 saturated heterocycles. The van der Waals surface area contributed by atoms with Gasteiger partial charge in [0, 0.05) is 0 Å².